The van der Waals surface area contributed by atoms with E-state index in [0.29, 0.717) is 6.42 Å². The molecule has 0 bridgehead atoms. The lowest BCUT2D eigenvalue weighted by molar-refractivity contribution is -0.359. The first kappa shape index (κ1) is 83.3. The number of carbonyl (C=O) groups excluding carboxylic acids is 1. The van der Waals surface area contributed by atoms with Gasteiger partial charge in [-0.15, -0.1) is 0 Å². The standard InChI is InChI=1S/C76H135NO13/c1-3-5-7-9-11-13-15-17-19-21-23-25-27-29-31-32-34-35-37-39-41-43-45-47-49-51-53-55-57-59-65(80)64(63-87-75-73(86)71(84)74(67(62-79)89-75)90-76-72(85)70(83)69(82)66(61-78)88-76)77-68(81)60-58-56-54-52-50-48-46-44-42-40-38-36-33-30-28-26-24-22-20-18-16-14-12-10-8-6-4-2/h6,8,12,14,18,20,24,26,30,33,38,40,57,59,64-67,69-76,78-80,82-86H,3-5,7,9-11,13,15-17,19,21-23,25,27-29,31-32,34-37,39,41-56,58,60-63H2,1-2H3,(H,77,81)/b8-6-,14-12-,20-18-,26-24-,33-30-,40-38-,59-57+. The Morgan fingerprint density at radius 1 is 0.411 bits per heavy atom. The number of unbranched alkanes of at least 4 members (excludes halogenated alkanes) is 35. The molecule has 0 aromatic heterocycles. The molecule has 2 aliphatic heterocycles. The number of aliphatic hydroxyl groups is 8. The number of allylic oxidation sites excluding steroid dienone is 13. The zero-order valence-electron chi connectivity index (χ0n) is 56.9. The highest BCUT2D eigenvalue weighted by Crippen LogP contribution is 2.30. The molecule has 0 spiro atoms. The highest BCUT2D eigenvalue weighted by Gasteiger charge is 2.51. The molecule has 12 unspecified atom stereocenters. The summed E-state index contributed by atoms with van der Waals surface area (Å²) in [6.07, 6.45) is 66.3. The molecule has 12 atom stereocenters. The molecule has 0 radical (unpaired) electrons. The third kappa shape index (κ3) is 43.2. The highest BCUT2D eigenvalue weighted by atomic mass is 16.7. The number of ether oxygens (including phenoxy) is 4. The molecule has 14 nitrogen and oxygen atoms in total. The molecule has 90 heavy (non-hydrogen) atoms. The minimum absolute atomic E-state index is 0.248. The maximum absolute atomic E-state index is 13.4. The van der Waals surface area contributed by atoms with Crippen LogP contribution in [0.2, 0.25) is 0 Å². The van der Waals surface area contributed by atoms with Crippen molar-refractivity contribution in [1.29, 1.82) is 0 Å². The van der Waals surface area contributed by atoms with E-state index < -0.39 is 86.8 Å². The number of hydrogen-bond acceptors (Lipinski definition) is 13. The quantitative estimate of drug-likeness (QED) is 0.0204. The zero-order valence-corrected chi connectivity index (χ0v) is 56.9. The second-order valence-electron chi connectivity index (χ2n) is 25.7. The van der Waals surface area contributed by atoms with Gasteiger partial charge in [-0.3, -0.25) is 4.79 Å². The van der Waals surface area contributed by atoms with Crippen molar-refractivity contribution in [3.05, 3.63) is 85.1 Å². The molecule has 2 fully saturated rings. The van der Waals surface area contributed by atoms with Gasteiger partial charge in [-0.05, 0) is 70.6 Å². The predicted octanol–water partition coefficient (Wildman–Crippen LogP) is 15.6. The monoisotopic (exact) mass is 1270 g/mol. The summed E-state index contributed by atoms with van der Waals surface area (Å²) < 4.78 is 22.9. The summed E-state index contributed by atoms with van der Waals surface area (Å²) in [6.45, 7) is 2.71. The molecule has 2 aliphatic rings. The van der Waals surface area contributed by atoms with E-state index >= 15 is 0 Å². The summed E-state index contributed by atoms with van der Waals surface area (Å²) in [5.41, 5.74) is 0. The highest BCUT2D eigenvalue weighted by molar-refractivity contribution is 5.76. The average Bonchev–Trinajstić information content (AvgIpc) is 1.41. The van der Waals surface area contributed by atoms with E-state index in [1.165, 1.54) is 180 Å². The van der Waals surface area contributed by atoms with Gasteiger partial charge in [0, 0.05) is 6.42 Å². The summed E-state index contributed by atoms with van der Waals surface area (Å²) >= 11 is 0. The van der Waals surface area contributed by atoms with Crippen molar-refractivity contribution >= 4 is 5.91 Å². The van der Waals surface area contributed by atoms with Crippen LogP contribution in [-0.4, -0.2) is 140 Å². The Hall–Kier alpha value is -2.83. The Morgan fingerprint density at radius 2 is 0.767 bits per heavy atom. The van der Waals surface area contributed by atoms with E-state index in [4.69, 9.17) is 18.9 Å². The van der Waals surface area contributed by atoms with Gasteiger partial charge in [0.05, 0.1) is 32.0 Å². The maximum atomic E-state index is 13.4. The molecule has 9 N–H and O–H groups in total. The molecule has 0 aromatic carbocycles. The van der Waals surface area contributed by atoms with Crippen molar-refractivity contribution < 1.29 is 64.6 Å². The zero-order chi connectivity index (χ0) is 65.2. The molecule has 1 amide bonds. The second-order valence-corrected chi connectivity index (χ2v) is 25.7. The van der Waals surface area contributed by atoms with Crippen molar-refractivity contribution in [2.24, 2.45) is 0 Å². The summed E-state index contributed by atoms with van der Waals surface area (Å²) in [6, 6.07) is -0.927. The van der Waals surface area contributed by atoms with Crippen LogP contribution in [0.4, 0.5) is 0 Å². The van der Waals surface area contributed by atoms with Crippen LogP contribution in [0.25, 0.3) is 0 Å². The number of carbonyl (C=O) groups is 1. The Labute approximate surface area is 548 Å². The fourth-order valence-corrected chi connectivity index (χ4v) is 11.8. The topological polar surface area (TPSA) is 228 Å². The Kier molecular flexibility index (Phi) is 55.4. The van der Waals surface area contributed by atoms with Crippen molar-refractivity contribution in [3.63, 3.8) is 0 Å². The molecule has 14 heteroatoms. The Balaban J connectivity index is 1.68. The lowest BCUT2D eigenvalue weighted by atomic mass is 9.97. The van der Waals surface area contributed by atoms with Crippen LogP contribution in [-0.2, 0) is 23.7 Å². The van der Waals surface area contributed by atoms with Gasteiger partial charge in [0.2, 0.25) is 5.91 Å². The van der Waals surface area contributed by atoms with Crippen molar-refractivity contribution in [2.75, 3.05) is 19.8 Å². The van der Waals surface area contributed by atoms with E-state index in [1.807, 2.05) is 6.08 Å². The third-order valence-corrected chi connectivity index (χ3v) is 17.6. The van der Waals surface area contributed by atoms with E-state index in [9.17, 15) is 45.6 Å². The lowest BCUT2D eigenvalue weighted by Gasteiger charge is -2.46. The van der Waals surface area contributed by atoms with Crippen LogP contribution >= 0.6 is 0 Å². The van der Waals surface area contributed by atoms with Crippen LogP contribution in [0.3, 0.4) is 0 Å². The molecule has 0 aromatic rings. The number of nitrogens with one attached hydrogen (secondary N) is 1. The fourth-order valence-electron chi connectivity index (χ4n) is 11.8. The first-order chi connectivity index (χ1) is 44.1. The number of aliphatic hydroxyl groups excluding tert-OH is 8. The van der Waals surface area contributed by atoms with Gasteiger partial charge in [-0.1, -0.05) is 304 Å². The van der Waals surface area contributed by atoms with Crippen molar-refractivity contribution in [1.82, 2.24) is 5.32 Å². The molecule has 2 rings (SSSR count). The summed E-state index contributed by atoms with van der Waals surface area (Å²) in [5.74, 6) is -0.248. The number of rotatable bonds is 60. The normalized spacial score (nSPS) is 23.4. The van der Waals surface area contributed by atoms with E-state index in [1.54, 1.807) is 6.08 Å². The molecular weight excluding hydrogens is 1130 g/mol. The second kappa shape index (κ2) is 59.9. The van der Waals surface area contributed by atoms with Gasteiger partial charge >= 0.3 is 0 Å². The van der Waals surface area contributed by atoms with E-state index in [0.717, 1.165) is 89.9 Å². The van der Waals surface area contributed by atoms with E-state index in [-0.39, 0.29) is 18.9 Å². The molecule has 522 valence electrons. The van der Waals surface area contributed by atoms with Crippen LogP contribution in [0, 0.1) is 0 Å². The molecule has 2 saturated heterocycles. The summed E-state index contributed by atoms with van der Waals surface area (Å²) in [4.78, 5) is 13.4. The average molecular weight is 1270 g/mol. The smallest absolute Gasteiger partial charge is 0.220 e. The lowest BCUT2D eigenvalue weighted by Crippen LogP contribution is -2.65. The van der Waals surface area contributed by atoms with Gasteiger partial charge in [0.25, 0.3) is 0 Å². The summed E-state index contributed by atoms with van der Waals surface area (Å²) in [5, 5.41) is 87.6. The Bertz CT molecular complexity index is 1830. The SMILES string of the molecule is CC/C=C\C/C=C\C/C=C\C/C=C\C/C=C\C/C=C\CCCCCCCCCCC(=O)NC(COC1OC(CO)C(OC2OC(CO)C(O)C(O)C2O)C(O)C1O)C(O)/C=C/CCCCCCCCCCCCCCCCCCCCCCCCCCCCC. The first-order valence-electron chi connectivity index (χ1n) is 36.8. The molecule has 0 aliphatic carbocycles. The van der Waals surface area contributed by atoms with Crippen LogP contribution in [0.1, 0.15) is 296 Å². The molecular formula is C76H135NO13. The van der Waals surface area contributed by atoms with Crippen molar-refractivity contribution in [2.45, 2.75) is 370 Å². The largest absolute Gasteiger partial charge is 0.394 e. The van der Waals surface area contributed by atoms with Gasteiger partial charge in [-0.2, -0.15) is 0 Å². The van der Waals surface area contributed by atoms with Gasteiger partial charge < -0.3 is 65.1 Å². The summed E-state index contributed by atoms with van der Waals surface area (Å²) in [7, 11) is 0. The van der Waals surface area contributed by atoms with Crippen LogP contribution in [0.5, 0.6) is 0 Å². The maximum Gasteiger partial charge on any atom is 0.220 e. The fraction of sp³-hybridized carbons (Fsp3) is 0.803. The van der Waals surface area contributed by atoms with Gasteiger partial charge in [0.15, 0.2) is 12.6 Å². The molecule has 0 saturated carbocycles. The van der Waals surface area contributed by atoms with Gasteiger partial charge in [-0.25, -0.2) is 0 Å². The third-order valence-electron chi connectivity index (χ3n) is 17.6. The Morgan fingerprint density at radius 3 is 1.18 bits per heavy atom. The van der Waals surface area contributed by atoms with Gasteiger partial charge in [0.1, 0.15) is 48.8 Å². The van der Waals surface area contributed by atoms with Crippen LogP contribution in [0.15, 0.2) is 85.1 Å². The first-order valence-corrected chi connectivity index (χ1v) is 36.8. The minimum atomic E-state index is -1.79. The number of amides is 1. The van der Waals surface area contributed by atoms with E-state index in [2.05, 4.69) is 92.1 Å². The number of hydrogen-bond donors (Lipinski definition) is 9. The molecule has 2 heterocycles. The predicted molar refractivity (Wildman–Crippen MR) is 369 cm³/mol. The van der Waals surface area contributed by atoms with Crippen LogP contribution < -0.4 is 5.32 Å². The minimum Gasteiger partial charge on any atom is -0.394 e. The van der Waals surface area contributed by atoms with Crippen molar-refractivity contribution in [3.8, 4) is 0 Å².